The number of hydrogen-bond acceptors (Lipinski definition) is 7. The number of ether oxygens (including phenoxy) is 3. The molecule has 0 heterocycles. The molecule has 206 valence electrons. The zero-order chi connectivity index (χ0) is 27.4. The highest BCUT2D eigenvalue weighted by atomic mass is 31.2. The lowest BCUT2D eigenvalue weighted by Gasteiger charge is -2.16. The Kier molecular flexibility index (Phi) is 12.4. The largest absolute Gasteiger partial charge is 0.527 e. The van der Waals surface area contributed by atoms with Gasteiger partial charge in [-0.2, -0.15) is 0 Å². The molecule has 8 nitrogen and oxygen atoms in total. The van der Waals surface area contributed by atoms with Crippen LogP contribution in [-0.2, 0) is 15.5 Å². The van der Waals surface area contributed by atoms with Crippen LogP contribution in [0.1, 0.15) is 68.8 Å². The van der Waals surface area contributed by atoms with Gasteiger partial charge in [-0.15, -0.1) is 0 Å². The minimum atomic E-state index is -4.22. The Morgan fingerprint density at radius 3 is 2.05 bits per heavy atom. The maximum absolute atomic E-state index is 13.0. The van der Waals surface area contributed by atoms with E-state index < -0.39 is 7.82 Å². The molecule has 0 aliphatic rings. The fourth-order valence-corrected chi connectivity index (χ4v) is 4.71. The van der Waals surface area contributed by atoms with Crippen LogP contribution in [0.25, 0.3) is 0 Å². The smallest absolute Gasteiger partial charge is 0.496 e. The molecule has 0 radical (unpaired) electrons. The van der Waals surface area contributed by atoms with E-state index in [2.05, 4.69) is 20.8 Å². The number of ketones is 1. The normalized spacial score (nSPS) is 13.6. The van der Waals surface area contributed by atoms with Gasteiger partial charge in [0, 0.05) is 18.6 Å². The van der Waals surface area contributed by atoms with Crippen molar-refractivity contribution in [2.75, 3.05) is 27.9 Å². The van der Waals surface area contributed by atoms with Crippen molar-refractivity contribution in [3.8, 4) is 23.0 Å². The van der Waals surface area contributed by atoms with Crippen LogP contribution in [0.3, 0.4) is 0 Å². The van der Waals surface area contributed by atoms with E-state index in [-0.39, 0.29) is 24.6 Å². The van der Waals surface area contributed by atoms with Crippen molar-refractivity contribution in [2.24, 2.45) is 11.8 Å². The van der Waals surface area contributed by atoms with Crippen LogP contribution in [0.4, 0.5) is 0 Å². The molecule has 2 atom stereocenters. The number of rotatable bonds is 17. The Labute approximate surface area is 220 Å². The summed E-state index contributed by atoms with van der Waals surface area (Å²) in [5.41, 5.74) is 1.23. The first-order valence-electron chi connectivity index (χ1n) is 12.7. The zero-order valence-electron chi connectivity index (χ0n) is 22.8. The van der Waals surface area contributed by atoms with Crippen LogP contribution >= 0.6 is 7.82 Å². The van der Waals surface area contributed by atoms with Crippen LogP contribution in [0.5, 0.6) is 23.0 Å². The molecule has 9 heteroatoms. The van der Waals surface area contributed by atoms with E-state index in [1.54, 1.807) is 36.4 Å². The first-order chi connectivity index (χ1) is 17.6. The lowest BCUT2D eigenvalue weighted by Crippen LogP contribution is -2.07. The van der Waals surface area contributed by atoms with E-state index in [9.17, 15) is 14.3 Å². The third kappa shape index (κ3) is 10.4. The number of Topliss-reactive ketones (excluding diaryl/α,β-unsaturated/α-hetero) is 1. The highest BCUT2D eigenvalue weighted by Crippen LogP contribution is 2.44. The Balaban J connectivity index is 1.87. The molecule has 0 bridgehead atoms. The Hall–Kier alpha value is -2.54. The molecule has 0 saturated carbocycles. The van der Waals surface area contributed by atoms with Gasteiger partial charge >= 0.3 is 7.82 Å². The number of hydrogen-bond donors (Lipinski definition) is 1. The monoisotopic (exact) mass is 536 g/mol. The first-order valence-corrected chi connectivity index (χ1v) is 14.2. The fourth-order valence-electron chi connectivity index (χ4n) is 3.93. The lowest BCUT2D eigenvalue weighted by molar-refractivity contribution is 0.0976. The Morgan fingerprint density at radius 1 is 0.892 bits per heavy atom. The number of methoxy groups -OCH3 is 3. The number of phosphoric acid groups is 1. The van der Waals surface area contributed by atoms with E-state index in [4.69, 9.17) is 23.3 Å². The summed E-state index contributed by atoms with van der Waals surface area (Å²) in [4.78, 5) is 23.0. The Morgan fingerprint density at radius 2 is 1.51 bits per heavy atom. The van der Waals surface area contributed by atoms with Crippen molar-refractivity contribution in [1.82, 2.24) is 0 Å². The van der Waals surface area contributed by atoms with E-state index in [1.807, 2.05) is 0 Å². The predicted molar refractivity (Wildman–Crippen MR) is 144 cm³/mol. The zero-order valence-corrected chi connectivity index (χ0v) is 23.7. The minimum Gasteiger partial charge on any atom is -0.496 e. The van der Waals surface area contributed by atoms with E-state index >= 15 is 0 Å². The second-order valence-corrected chi connectivity index (χ2v) is 11.0. The SMILES string of the molecule is COc1cc(OC)c(C(=O)CCc2ccc(OP(=O)(O)OCCC(C)CCCC(C)C)cc2)c(OC)c1. The van der Waals surface area contributed by atoms with Crippen LogP contribution < -0.4 is 18.7 Å². The van der Waals surface area contributed by atoms with E-state index in [0.717, 1.165) is 18.4 Å². The molecule has 2 unspecified atom stereocenters. The highest BCUT2D eigenvalue weighted by Gasteiger charge is 2.23. The van der Waals surface area contributed by atoms with Crippen molar-refractivity contribution in [3.63, 3.8) is 0 Å². The molecule has 0 saturated heterocycles. The molecule has 2 aromatic carbocycles. The predicted octanol–water partition coefficient (Wildman–Crippen LogP) is 6.88. The molecular weight excluding hydrogens is 495 g/mol. The van der Waals surface area contributed by atoms with Crippen LogP contribution in [0.15, 0.2) is 36.4 Å². The molecule has 0 aliphatic carbocycles. The molecule has 2 aromatic rings. The van der Waals surface area contributed by atoms with Crippen molar-refractivity contribution in [1.29, 1.82) is 0 Å². The average molecular weight is 537 g/mol. The summed E-state index contributed by atoms with van der Waals surface area (Å²) in [5, 5.41) is 0. The highest BCUT2D eigenvalue weighted by molar-refractivity contribution is 7.47. The van der Waals surface area contributed by atoms with Crippen molar-refractivity contribution in [2.45, 2.75) is 59.3 Å². The van der Waals surface area contributed by atoms with Gasteiger partial charge in [0.25, 0.3) is 0 Å². The molecule has 1 N–H and O–H groups in total. The van der Waals surface area contributed by atoms with Gasteiger partial charge < -0.3 is 18.7 Å². The number of phosphoric ester groups is 1. The number of carbonyl (C=O) groups excluding carboxylic acids is 1. The Bertz CT molecular complexity index is 1010. The molecule has 2 rings (SSSR count). The van der Waals surface area contributed by atoms with Crippen molar-refractivity contribution >= 4 is 13.6 Å². The standard InChI is InChI=1S/C28H41O8P/c1-20(2)8-7-9-21(3)16-17-35-37(30,31)36-23-13-10-22(11-14-23)12-15-25(29)28-26(33-5)18-24(32-4)19-27(28)34-6/h10-11,13-14,18-21H,7-9,12,15-17H2,1-6H3,(H,30,31). The fraction of sp³-hybridized carbons (Fsp3) is 0.536. The van der Waals surface area contributed by atoms with E-state index in [0.29, 0.717) is 47.5 Å². The third-order valence-electron chi connectivity index (χ3n) is 6.12. The summed E-state index contributed by atoms with van der Waals surface area (Å²) in [6, 6.07) is 9.98. The summed E-state index contributed by atoms with van der Waals surface area (Å²) in [6.07, 6.45) is 4.77. The molecule has 0 amide bonds. The van der Waals surface area contributed by atoms with Gasteiger partial charge in [0.2, 0.25) is 0 Å². The van der Waals surface area contributed by atoms with Gasteiger partial charge in [-0.05, 0) is 42.4 Å². The lowest BCUT2D eigenvalue weighted by atomic mass is 9.98. The molecule has 37 heavy (non-hydrogen) atoms. The molecular formula is C28H41O8P. The minimum absolute atomic E-state index is 0.136. The molecule has 0 fully saturated rings. The van der Waals surface area contributed by atoms with E-state index in [1.165, 1.54) is 27.8 Å². The van der Waals surface area contributed by atoms with Gasteiger partial charge in [0.1, 0.15) is 28.6 Å². The molecule has 0 spiro atoms. The summed E-state index contributed by atoms with van der Waals surface area (Å²) in [5.74, 6) is 2.48. The number of carbonyl (C=O) groups is 1. The van der Waals surface area contributed by atoms with Gasteiger partial charge in [0.15, 0.2) is 5.78 Å². The summed E-state index contributed by atoms with van der Waals surface area (Å²) in [6.45, 7) is 6.69. The maximum Gasteiger partial charge on any atom is 0.527 e. The number of benzene rings is 2. The van der Waals surface area contributed by atoms with Gasteiger partial charge in [-0.1, -0.05) is 52.2 Å². The quantitative estimate of drug-likeness (QED) is 0.173. The summed E-state index contributed by atoms with van der Waals surface area (Å²) in [7, 11) is 0.289. The van der Waals surface area contributed by atoms with Gasteiger partial charge in [-0.3, -0.25) is 14.2 Å². The van der Waals surface area contributed by atoms with Crippen LogP contribution in [-0.4, -0.2) is 38.6 Å². The molecule has 0 aliphatic heterocycles. The number of aryl methyl sites for hydroxylation is 1. The topological polar surface area (TPSA) is 101 Å². The molecule has 0 aromatic heterocycles. The van der Waals surface area contributed by atoms with Gasteiger partial charge in [0.05, 0.1) is 27.9 Å². The average Bonchev–Trinajstić information content (AvgIpc) is 2.86. The maximum atomic E-state index is 13.0. The second kappa shape index (κ2) is 15.0. The summed E-state index contributed by atoms with van der Waals surface area (Å²) < 4.78 is 38.7. The van der Waals surface area contributed by atoms with Crippen molar-refractivity contribution in [3.05, 3.63) is 47.5 Å². The van der Waals surface area contributed by atoms with Gasteiger partial charge in [-0.25, -0.2) is 4.57 Å². The second-order valence-electron chi connectivity index (χ2n) is 9.59. The van der Waals surface area contributed by atoms with Crippen LogP contribution in [0.2, 0.25) is 0 Å². The first kappa shape index (κ1) is 30.7. The van der Waals surface area contributed by atoms with Crippen LogP contribution in [0, 0.1) is 11.8 Å². The van der Waals surface area contributed by atoms with Crippen molar-refractivity contribution < 1.29 is 37.5 Å². The summed E-state index contributed by atoms with van der Waals surface area (Å²) >= 11 is 0. The third-order valence-corrected chi connectivity index (χ3v) is 7.07.